The van der Waals surface area contributed by atoms with Crippen LogP contribution in [0.4, 0.5) is 13.6 Å². The number of carbonyl (C=O) groups is 2. The number of ether oxygens (including phenoxy) is 1. The maximum Gasteiger partial charge on any atom is 0.410 e. The zero-order valence-corrected chi connectivity index (χ0v) is 16.3. The summed E-state index contributed by atoms with van der Waals surface area (Å²) in [5.41, 5.74) is -0.886. The molecule has 11 heteroatoms. The van der Waals surface area contributed by atoms with Gasteiger partial charge in [0.2, 0.25) is 5.75 Å². The number of aromatic hydroxyl groups is 1. The van der Waals surface area contributed by atoms with E-state index < -0.39 is 47.0 Å². The van der Waals surface area contributed by atoms with E-state index in [4.69, 9.17) is 0 Å². The molecule has 1 aliphatic heterocycles. The molecule has 3 rings (SSSR count). The molecule has 1 fully saturated rings. The quantitative estimate of drug-likeness (QED) is 0.770. The molecule has 0 saturated carbocycles. The molecule has 0 aliphatic carbocycles. The predicted molar refractivity (Wildman–Crippen MR) is 100 cm³/mol. The van der Waals surface area contributed by atoms with E-state index in [-0.39, 0.29) is 25.3 Å². The number of carbonyl (C=O) groups excluding carboxylic acids is 2. The highest BCUT2D eigenvalue weighted by atomic mass is 19.1. The summed E-state index contributed by atoms with van der Waals surface area (Å²) in [6, 6.07) is 4.43. The van der Waals surface area contributed by atoms with Crippen LogP contribution in [-0.2, 0) is 18.3 Å². The highest BCUT2D eigenvalue weighted by Gasteiger charge is 2.40. The van der Waals surface area contributed by atoms with Crippen LogP contribution >= 0.6 is 0 Å². The first-order chi connectivity index (χ1) is 14.2. The molecule has 1 aromatic heterocycles. The summed E-state index contributed by atoms with van der Waals surface area (Å²) in [6.07, 6.45) is -2.31. The number of aromatic nitrogens is 2. The second-order valence-corrected chi connectivity index (χ2v) is 6.81. The summed E-state index contributed by atoms with van der Waals surface area (Å²) in [6.45, 7) is -0.255. The number of hydrogen-bond donors (Lipinski definition) is 2. The van der Waals surface area contributed by atoms with E-state index in [9.17, 15) is 28.3 Å². The predicted octanol–water partition coefficient (Wildman–Crippen LogP) is 1.41. The normalized spacial score (nSPS) is 18.3. The van der Waals surface area contributed by atoms with Crippen LogP contribution in [0.15, 0.2) is 29.1 Å². The molecule has 0 spiro atoms. The van der Waals surface area contributed by atoms with Gasteiger partial charge >= 0.3 is 6.09 Å². The SMILES string of the molecule is COC(=O)N1C[C@@H](F)C[C@H]1c1nc(C(=O)NCc2ccc(F)cc2)c(O)c(=O)n1C. The number of nitrogens with zero attached hydrogens (tertiary/aromatic N) is 3. The molecule has 30 heavy (non-hydrogen) atoms. The lowest BCUT2D eigenvalue weighted by Gasteiger charge is -2.24. The van der Waals surface area contributed by atoms with Crippen molar-refractivity contribution in [2.45, 2.75) is 25.2 Å². The first-order valence-corrected chi connectivity index (χ1v) is 9.04. The zero-order chi connectivity index (χ0) is 22.0. The molecule has 2 amide bonds. The monoisotopic (exact) mass is 422 g/mol. The van der Waals surface area contributed by atoms with Gasteiger partial charge in [-0.25, -0.2) is 18.6 Å². The first kappa shape index (κ1) is 21.2. The highest BCUT2D eigenvalue weighted by molar-refractivity contribution is 5.94. The Hall–Kier alpha value is -3.50. The molecule has 2 heterocycles. The number of amides is 2. The van der Waals surface area contributed by atoms with Crippen LogP contribution in [0.1, 0.15) is 34.3 Å². The van der Waals surface area contributed by atoms with Crippen LogP contribution in [0.25, 0.3) is 0 Å². The Morgan fingerprint density at radius 2 is 2.00 bits per heavy atom. The highest BCUT2D eigenvalue weighted by Crippen LogP contribution is 2.33. The van der Waals surface area contributed by atoms with Crippen molar-refractivity contribution in [3.63, 3.8) is 0 Å². The van der Waals surface area contributed by atoms with Crippen LogP contribution in [-0.4, -0.2) is 51.4 Å². The lowest BCUT2D eigenvalue weighted by molar-refractivity contribution is 0.0941. The minimum absolute atomic E-state index is 0.00492. The number of benzene rings is 1. The number of nitrogens with one attached hydrogen (secondary N) is 1. The van der Waals surface area contributed by atoms with Gasteiger partial charge in [0.25, 0.3) is 11.5 Å². The fourth-order valence-corrected chi connectivity index (χ4v) is 3.28. The van der Waals surface area contributed by atoms with Gasteiger partial charge in [0.1, 0.15) is 17.8 Å². The Kier molecular flexibility index (Phi) is 5.99. The third-order valence-electron chi connectivity index (χ3n) is 4.84. The van der Waals surface area contributed by atoms with Crippen molar-refractivity contribution in [2.24, 2.45) is 7.05 Å². The van der Waals surface area contributed by atoms with Gasteiger partial charge in [-0.3, -0.25) is 19.1 Å². The Balaban J connectivity index is 1.91. The molecule has 2 N–H and O–H groups in total. The van der Waals surface area contributed by atoms with Gasteiger partial charge in [-0.05, 0) is 17.7 Å². The minimum atomic E-state index is -1.37. The fraction of sp³-hybridized carbons (Fsp3) is 0.368. The largest absolute Gasteiger partial charge is 0.501 e. The van der Waals surface area contributed by atoms with E-state index in [1.54, 1.807) is 0 Å². The van der Waals surface area contributed by atoms with E-state index in [1.807, 2.05) is 0 Å². The number of alkyl halides is 1. The summed E-state index contributed by atoms with van der Waals surface area (Å²) in [4.78, 5) is 42.1. The van der Waals surface area contributed by atoms with Crippen molar-refractivity contribution in [1.29, 1.82) is 0 Å². The topological polar surface area (TPSA) is 114 Å². The van der Waals surface area contributed by atoms with Gasteiger partial charge in [-0.1, -0.05) is 12.1 Å². The molecular weight excluding hydrogens is 402 g/mol. The van der Waals surface area contributed by atoms with Gasteiger partial charge in [0.05, 0.1) is 19.7 Å². The Morgan fingerprint density at radius 3 is 2.63 bits per heavy atom. The first-order valence-electron chi connectivity index (χ1n) is 9.04. The third-order valence-corrected chi connectivity index (χ3v) is 4.84. The van der Waals surface area contributed by atoms with Gasteiger partial charge in [0.15, 0.2) is 5.69 Å². The molecule has 160 valence electrons. The Bertz CT molecular complexity index is 1020. The van der Waals surface area contributed by atoms with Gasteiger partial charge < -0.3 is 15.2 Å². The zero-order valence-electron chi connectivity index (χ0n) is 16.3. The molecule has 0 bridgehead atoms. The van der Waals surface area contributed by atoms with Crippen molar-refractivity contribution >= 4 is 12.0 Å². The second-order valence-electron chi connectivity index (χ2n) is 6.81. The summed E-state index contributed by atoms with van der Waals surface area (Å²) < 4.78 is 32.6. The van der Waals surface area contributed by atoms with E-state index in [1.165, 1.54) is 31.3 Å². The summed E-state index contributed by atoms with van der Waals surface area (Å²) in [5.74, 6) is -2.22. The maximum atomic E-state index is 14.0. The molecule has 1 aromatic carbocycles. The number of methoxy groups -OCH3 is 1. The molecule has 0 unspecified atom stereocenters. The molecule has 1 aliphatic rings. The van der Waals surface area contributed by atoms with Gasteiger partial charge in [-0.15, -0.1) is 0 Å². The maximum absolute atomic E-state index is 14.0. The number of hydrogen-bond acceptors (Lipinski definition) is 6. The Morgan fingerprint density at radius 1 is 1.33 bits per heavy atom. The molecule has 2 aromatic rings. The van der Waals surface area contributed by atoms with Crippen LogP contribution in [0.5, 0.6) is 5.75 Å². The molecule has 2 atom stereocenters. The van der Waals surface area contributed by atoms with Crippen molar-refractivity contribution < 1.29 is 28.2 Å². The van der Waals surface area contributed by atoms with Crippen molar-refractivity contribution in [3.05, 3.63) is 57.5 Å². The summed E-state index contributed by atoms with van der Waals surface area (Å²) >= 11 is 0. The van der Waals surface area contributed by atoms with Crippen molar-refractivity contribution in [1.82, 2.24) is 19.8 Å². The summed E-state index contributed by atoms with van der Waals surface area (Å²) in [7, 11) is 2.44. The number of rotatable bonds is 4. The molecule has 9 nitrogen and oxygen atoms in total. The van der Waals surface area contributed by atoms with E-state index in [0.29, 0.717) is 5.56 Å². The number of likely N-dealkylation sites (tertiary alicyclic amines) is 1. The van der Waals surface area contributed by atoms with Crippen molar-refractivity contribution in [3.8, 4) is 5.75 Å². The molecule has 1 saturated heterocycles. The number of halogens is 2. The van der Waals surface area contributed by atoms with Crippen molar-refractivity contribution in [2.75, 3.05) is 13.7 Å². The Labute approximate surface area is 169 Å². The third kappa shape index (κ3) is 4.09. The second kappa shape index (κ2) is 8.47. The molecule has 0 radical (unpaired) electrons. The smallest absolute Gasteiger partial charge is 0.410 e. The van der Waals surface area contributed by atoms with E-state index in [0.717, 1.165) is 16.6 Å². The fourth-order valence-electron chi connectivity index (χ4n) is 3.28. The minimum Gasteiger partial charge on any atom is -0.501 e. The average Bonchev–Trinajstić information content (AvgIpc) is 3.12. The molecular formula is C19H20F2N4O5. The van der Waals surface area contributed by atoms with Gasteiger partial charge in [-0.2, -0.15) is 0 Å². The van der Waals surface area contributed by atoms with E-state index >= 15 is 0 Å². The van der Waals surface area contributed by atoms with Crippen LogP contribution in [0.3, 0.4) is 0 Å². The van der Waals surface area contributed by atoms with Crippen LogP contribution < -0.4 is 10.9 Å². The standard InChI is InChI=1S/C19H20F2N4O5/c1-24-16(13-7-12(21)9-25(13)19(29)30-2)23-14(15(26)18(24)28)17(27)22-8-10-3-5-11(20)6-4-10/h3-6,12-13,26H,7-9H2,1-2H3,(H,22,27)/t12-,13-/m0/s1. The lowest BCUT2D eigenvalue weighted by atomic mass is 10.1. The average molecular weight is 422 g/mol. The lowest BCUT2D eigenvalue weighted by Crippen LogP contribution is -2.36. The summed E-state index contributed by atoms with van der Waals surface area (Å²) in [5, 5.41) is 12.6. The van der Waals surface area contributed by atoms with Crippen LogP contribution in [0.2, 0.25) is 0 Å². The van der Waals surface area contributed by atoms with E-state index in [2.05, 4.69) is 15.0 Å². The van der Waals surface area contributed by atoms with Crippen LogP contribution in [0, 0.1) is 5.82 Å². The van der Waals surface area contributed by atoms with Gasteiger partial charge in [0, 0.05) is 20.0 Å².